The minimum absolute atomic E-state index is 0.00464. The number of aliphatic carboxylic acids is 1. The Morgan fingerprint density at radius 3 is 2.21 bits per heavy atom. The maximum Gasteiger partial charge on any atom is 0.419 e. The van der Waals surface area contributed by atoms with E-state index in [1.165, 1.54) is 24.3 Å². The maximum absolute atomic E-state index is 14.5. The molecular formula is C30H23F5N2O5. The highest BCUT2D eigenvalue weighted by Crippen LogP contribution is 2.48. The topological polar surface area (TPSA) is 97.8 Å². The van der Waals surface area contributed by atoms with E-state index in [4.69, 9.17) is 9.47 Å². The third-order valence-corrected chi connectivity index (χ3v) is 6.85. The number of aryl methyl sites for hydroxylation is 1. The Kier molecular flexibility index (Phi) is 7.72. The summed E-state index contributed by atoms with van der Waals surface area (Å²) in [6.45, 7) is 1.80. The van der Waals surface area contributed by atoms with Crippen molar-refractivity contribution in [2.75, 3.05) is 13.2 Å². The fourth-order valence-electron chi connectivity index (χ4n) is 4.99. The van der Waals surface area contributed by atoms with Crippen LogP contribution < -0.4 is 14.8 Å². The number of hydrogen-bond acceptors (Lipinski definition) is 5. The monoisotopic (exact) mass is 586 g/mol. The number of nitrogens with zero attached hydrogens (tertiary/aromatic N) is 1. The molecule has 7 nitrogen and oxygen atoms in total. The van der Waals surface area contributed by atoms with Crippen LogP contribution in [-0.2, 0) is 23.8 Å². The number of amides is 1. The molecule has 1 aliphatic rings. The second-order valence-corrected chi connectivity index (χ2v) is 9.47. The van der Waals surface area contributed by atoms with Crippen LogP contribution in [0.4, 0.5) is 22.0 Å². The minimum atomic E-state index is -4.78. The highest BCUT2D eigenvalue weighted by Gasteiger charge is 2.39. The van der Waals surface area contributed by atoms with Gasteiger partial charge < -0.3 is 19.9 Å². The number of hydrogen-bond donors (Lipinski definition) is 2. The van der Waals surface area contributed by atoms with Crippen molar-refractivity contribution in [2.24, 2.45) is 0 Å². The van der Waals surface area contributed by atoms with Gasteiger partial charge in [-0.1, -0.05) is 43.3 Å². The van der Waals surface area contributed by atoms with Crippen molar-refractivity contribution in [3.05, 3.63) is 88.6 Å². The van der Waals surface area contributed by atoms with E-state index in [1.54, 1.807) is 19.1 Å². The molecule has 1 amide bonds. The van der Waals surface area contributed by atoms with Gasteiger partial charge >= 0.3 is 12.1 Å². The van der Waals surface area contributed by atoms with E-state index in [0.29, 0.717) is 17.5 Å². The van der Waals surface area contributed by atoms with Gasteiger partial charge in [-0.3, -0.25) is 9.78 Å². The molecule has 0 bridgehead atoms. The highest BCUT2D eigenvalue weighted by molar-refractivity contribution is 5.97. The first-order chi connectivity index (χ1) is 20.0. The molecule has 0 aliphatic carbocycles. The molecule has 1 atom stereocenters. The number of benzene rings is 3. The van der Waals surface area contributed by atoms with Gasteiger partial charge in [-0.2, -0.15) is 13.2 Å². The molecule has 3 aromatic carbocycles. The first-order valence-corrected chi connectivity index (χ1v) is 12.9. The lowest BCUT2D eigenvalue weighted by Crippen LogP contribution is -2.43. The van der Waals surface area contributed by atoms with E-state index in [-0.39, 0.29) is 46.9 Å². The predicted molar refractivity (Wildman–Crippen MR) is 142 cm³/mol. The third kappa shape index (κ3) is 5.31. The van der Waals surface area contributed by atoms with Crippen molar-refractivity contribution >= 4 is 22.6 Å². The standard InChI is InChI=1S/C30H23F5N2O5/c1-2-21-16-6-3-4-7-17(16)24(30(33,34)35)25(36-21)18-11-10-15(26-27(18)42-13-12-41-26)14-22(29(39)40)37-28(38)23-19(31)8-5-9-20(23)32/h3-11,22H,2,12-14H2,1H3,(H,37,38)(H,39,40). The molecule has 1 aromatic heterocycles. The van der Waals surface area contributed by atoms with Gasteiger partial charge in [0, 0.05) is 28.6 Å². The highest BCUT2D eigenvalue weighted by atomic mass is 19.4. The van der Waals surface area contributed by atoms with E-state index in [1.807, 2.05) is 0 Å². The average molecular weight is 587 g/mol. The number of ether oxygens (including phenoxy) is 2. The van der Waals surface area contributed by atoms with E-state index < -0.39 is 53.3 Å². The van der Waals surface area contributed by atoms with E-state index in [0.717, 1.165) is 18.2 Å². The summed E-state index contributed by atoms with van der Waals surface area (Å²) in [6.07, 6.45) is -4.86. The molecule has 2 N–H and O–H groups in total. The van der Waals surface area contributed by atoms with Crippen LogP contribution in [0.25, 0.3) is 22.0 Å². The summed E-state index contributed by atoms with van der Waals surface area (Å²) in [5.74, 6) is -5.24. The lowest BCUT2D eigenvalue weighted by atomic mass is 9.94. The van der Waals surface area contributed by atoms with Crippen LogP contribution >= 0.6 is 0 Å². The second-order valence-electron chi connectivity index (χ2n) is 9.47. The second kappa shape index (κ2) is 11.3. The van der Waals surface area contributed by atoms with Gasteiger partial charge in [0.05, 0.1) is 11.3 Å². The Labute approximate surface area is 235 Å². The van der Waals surface area contributed by atoms with Crippen molar-refractivity contribution < 1.29 is 46.1 Å². The van der Waals surface area contributed by atoms with Gasteiger partial charge in [0.2, 0.25) is 0 Å². The predicted octanol–water partition coefficient (Wildman–Crippen LogP) is 5.96. The zero-order valence-corrected chi connectivity index (χ0v) is 22.0. The van der Waals surface area contributed by atoms with Crippen molar-refractivity contribution in [1.29, 1.82) is 0 Å². The number of carbonyl (C=O) groups excluding carboxylic acids is 1. The number of aromatic nitrogens is 1. The van der Waals surface area contributed by atoms with Crippen LogP contribution in [-0.4, -0.2) is 41.2 Å². The number of carbonyl (C=O) groups is 2. The van der Waals surface area contributed by atoms with E-state index in [2.05, 4.69) is 10.3 Å². The number of nitrogens with one attached hydrogen (secondary N) is 1. The summed E-state index contributed by atoms with van der Waals surface area (Å²) in [4.78, 5) is 29.0. The molecular weight excluding hydrogens is 563 g/mol. The molecule has 0 saturated heterocycles. The molecule has 218 valence electrons. The summed E-state index contributed by atoms with van der Waals surface area (Å²) in [5.41, 5.74) is -1.66. The molecule has 2 heterocycles. The Balaban J connectivity index is 1.60. The fraction of sp³-hybridized carbons (Fsp3) is 0.233. The summed E-state index contributed by atoms with van der Waals surface area (Å²) < 4.78 is 83.3. The summed E-state index contributed by atoms with van der Waals surface area (Å²) in [7, 11) is 0. The number of carboxylic acid groups (broad SMARTS) is 1. The van der Waals surface area contributed by atoms with Crippen molar-refractivity contribution in [2.45, 2.75) is 32.0 Å². The normalized spacial score (nSPS) is 13.6. The molecule has 1 unspecified atom stereocenters. The molecule has 1 aliphatic heterocycles. The van der Waals surface area contributed by atoms with Gasteiger partial charge in [-0.25, -0.2) is 13.6 Å². The Hall–Kier alpha value is -4.74. The number of rotatable bonds is 7. The largest absolute Gasteiger partial charge is 0.486 e. The van der Waals surface area contributed by atoms with Crippen LogP contribution in [0.1, 0.15) is 34.1 Å². The minimum Gasteiger partial charge on any atom is -0.486 e. The number of pyridine rings is 1. The summed E-state index contributed by atoms with van der Waals surface area (Å²) in [6, 6.07) is 9.87. The number of alkyl halides is 3. The van der Waals surface area contributed by atoms with Crippen molar-refractivity contribution in [3.8, 4) is 22.8 Å². The molecule has 0 saturated carbocycles. The molecule has 4 aromatic rings. The van der Waals surface area contributed by atoms with Crippen LogP contribution in [0.2, 0.25) is 0 Å². The smallest absolute Gasteiger partial charge is 0.419 e. The quantitative estimate of drug-likeness (QED) is 0.260. The van der Waals surface area contributed by atoms with E-state index in [9.17, 15) is 36.6 Å². The van der Waals surface area contributed by atoms with Gasteiger partial charge in [-0.15, -0.1) is 0 Å². The van der Waals surface area contributed by atoms with Crippen LogP contribution in [0.3, 0.4) is 0 Å². The van der Waals surface area contributed by atoms with Crippen LogP contribution in [0.15, 0.2) is 54.6 Å². The Bertz CT molecular complexity index is 1690. The Morgan fingerprint density at radius 2 is 1.60 bits per heavy atom. The lowest BCUT2D eigenvalue weighted by Gasteiger charge is -2.26. The lowest BCUT2D eigenvalue weighted by molar-refractivity contribution is -0.139. The van der Waals surface area contributed by atoms with Crippen LogP contribution in [0.5, 0.6) is 11.5 Å². The number of fused-ring (bicyclic) bond motifs is 2. The number of carboxylic acids is 1. The molecule has 0 radical (unpaired) electrons. The van der Waals surface area contributed by atoms with Crippen LogP contribution in [0, 0.1) is 11.6 Å². The van der Waals surface area contributed by atoms with E-state index >= 15 is 0 Å². The third-order valence-electron chi connectivity index (χ3n) is 6.85. The van der Waals surface area contributed by atoms with Gasteiger partial charge in [-0.05, 0) is 30.0 Å². The SMILES string of the molecule is CCc1nc(-c2ccc(CC(NC(=O)c3c(F)cccc3F)C(=O)O)c3c2OCCO3)c(C(F)(F)F)c2ccccc12. The first kappa shape index (κ1) is 28.8. The Morgan fingerprint density at radius 1 is 0.952 bits per heavy atom. The molecule has 5 rings (SSSR count). The van der Waals surface area contributed by atoms with Gasteiger partial charge in [0.1, 0.15) is 36.5 Å². The zero-order valence-electron chi connectivity index (χ0n) is 22.0. The number of halogens is 5. The van der Waals surface area contributed by atoms with Crippen molar-refractivity contribution in [3.63, 3.8) is 0 Å². The molecule has 42 heavy (non-hydrogen) atoms. The van der Waals surface area contributed by atoms with Crippen molar-refractivity contribution in [1.82, 2.24) is 10.3 Å². The zero-order chi connectivity index (χ0) is 30.2. The molecule has 12 heteroatoms. The molecule has 0 fully saturated rings. The first-order valence-electron chi connectivity index (χ1n) is 12.9. The maximum atomic E-state index is 14.5. The summed E-state index contributed by atoms with van der Waals surface area (Å²) in [5, 5.41) is 12.2. The fourth-order valence-corrected chi connectivity index (χ4v) is 4.99. The average Bonchev–Trinajstić information content (AvgIpc) is 2.95. The van der Waals surface area contributed by atoms with Gasteiger partial charge in [0.15, 0.2) is 11.5 Å². The van der Waals surface area contributed by atoms with Gasteiger partial charge in [0.25, 0.3) is 5.91 Å². The molecule has 0 spiro atoms. The summed E-state index contributed by atoms with van der Waals surface area (Å²) >= 11 is 0.